The van der Waals surface area contributed by atoms with Gasteiger partial charge in [0.25, 0.3) is 0 Å². The second kappa shape index (κ2) is 5.69. The number of para-hydroxylation sites is 1. The van der Waals surface area contributed by atoms with Gasteiger partial charge in [0, 0.05) is 19.6 Å². The van der Waals surface area contributed by atoms with Crippen LogP contribution >= 0.6 is 11.6 Å². The van der Waals surface area contributed by atoms with Gasteiger partial charge in [-0.15, -0.1) is 0 Å². The van der Waals surface area contributed by atoms with Crippen molar-refractivity contribution >= 4 is 11.6 Å². The predicted molar refractivity (Wildman–Crippen MR) is 65.4 cm³/mol. The molecule has 1 aromatic rings. The minimum absolute atomic E-state index is 0.489. The van der Waals surface area contributed by atoms with E-state index >= 15 is 0 Å². The van der Waals surface area contributed by atoms with Crippen LogP contribution in [0.15, 0.2) is 24.3 Å². The third-order valence-corrected chi connectivity index (χ3v) is 3.15. The Bertz CT molecular complexity index is 365. The van der Waals surface area contributed by atoms with Gasteiger partial charge in [-0.05, 0) is 12.1 Å². The van der Waals surface area contributed by atoms with Crippen LogP contribution < -0.4 is 4.74 Å². The molecule has 94 valence electrons. The van der Waals surface area contributed by atoms with Gasteiger partial charge >= 0.3 is 0 Å². The Kier molecular flexibility index (Phi) is 4.23. The largest absolute Gasteiger partial charge is 0.491 e. The molecule has 0 spiro atoms. The second-order valence-electron chi connectivity index (χ2n) is 4.17. The maximum absolute atomic E-state index is 9.37. The molecular formula is C12H16ClNO3. The highest BCUT2D eigenvalue weighted by atomic mass is 35.5. The molecule has 1 saturated heterocycles. The lowest BCUT2D eigenvalue weighted by Crippen LogP contribution is -2.27. The van der Waals surface area contributed by atoms with Gasteiger partial charge in [0.15, 0.2) is 0 Å². The Morgan fingerprint density at radius 3 is 2.53 bits per heavy atom. The number of hydrogen-bond acceptors (Lipinski definition) is 4. The van der Waals surface area contributed by atoms with Gasteiger partial charge in [-0.25, -0.2) is 0 Å². The standard InChI is InChI=1S/C12H16ClNO3/c13-9-3-1-2-4-12(9)17-6-5-14-7-10(15)11(16)8-14/h1-4,10-11,15-16H,5-8H2/t10-,11+. The van der Waals surface area contributed by atoms with Crippen LogP contribution in [0.2, 0.25) is 5.02 Å². The van der Waals surface area contributed by atoms with Gasteiger partial charge in [-0.3, -0.25) is 4.90 Å². The molecule has 1 aliphatic heterocycles. The van der Waals surface area contributed by atoms with Crippen molar-refractivity contribution in [2.24, 2.45) is 0 Å². The van der Waals surface area contributed by atoms with Crippen LogP contribution in [0.25, 0.3) is 0 Å². The maximum Gasteiger partial charge on any atom is 0.137 e. The summed E-state index contributed by atoms with van der Waals surface area (Å²) < 4.78 is 5.53. The number of aliphatic hydroxyl groups is 2. The lowest BCUT2D eigenvalue weighted by molar-refractivity contribution is 0.0572. The quantitative estimate of drug-likeness (QED) is 0.836. The zero-order valence-electron chi connectivity index (χ0n) is 9.42. The van der Waals surface area contributed by atoms with Gasteiger partial charge in [0.05, 0.1) is 17.2 Å². The Morgan fingerprint density at radius 1 is 1.24 bits per heavy atom. The Hall–Kier alpha value is -0.810. The lowest BCUT2D eigenvalue weighted by Gasteiger charge is -2.15. The van der Waals surface area contributed by atoms with Crippen LogP contribution in [0.3, 0.4) is 0 Å². The summed E-state index contributed by atoms with van der Waals surface area (Å²) in [6.07, 6.45) is -1.29. The van der Waals surface area contributed by atoms with E-state index in [9.17, 15) is 10.2 Å². The van der Waals surface area contributed by atoms with Crippen LogP contribution in [0.1, 0.15) is 0 Å². The molecular weight excluding hydrogens is 242 g/mol. The van der Waals surface area contributed by atoms with Gasteiger partial charge in [-0.1, -0.05) is 23.7 Å². The molecule has 2 atom stereocenters. The van der Waals surface area contributed by atoms with E-state index in [0.29, 0.717) is 37.0 Å². The molecule has 0 amide bonds. The normalized spacial score (nSPS) is 25.1. The average molecular weight is 258 g/mol. The fourth-order valence-electron chi connectivity index (χ4n) is 1.88. The summed E-state index contributed by atoms with van der Waals surface area (Å²) in [4.78, 5) is 1.96. The molecule has 2 N–H and O–H groups in total. The van der Waals surface area contributed by atoms with E-state index in [1.165, 1.54) is 0 Å². The number of nitrogens with zero attached hydrogens (tertiary/aromatic N) is 1. The molecule has 0 radical (unpaired) electrons. The summed E-state index contributed by atoms with van der Waals surface area (Å²) in [5, 5.41) is 19.3. The third kappa shape index (κ3) is 3.33. The van der Waals surface area contributed by atoms with Crippen molar-refractivity contribution in [2.75, 3.05) is 26.2 Å². The van der Waals surface area contributed by atoms with Crippen molar-refractivity contribution in [1.82, 2.24) is 4.90 Å². The van der Waals surface area contributed by atoms with Gasteiger partial charge < -0.3 is 14.9 Å². The molecule has 0 aliphatic carbocycles. The summed E-state index contributed by atoms with van der Waals surface area (Å²) >= 11 is 5.95. The first-order chi connectivity index (χ1) is 8.16. The first-order valence-corrected chi connectivity index (χ1v) is 6.00. The van der Waals surface area contributed by atoms with Crippen molar-refractivity contribution < 1.29 is 14.9 Å². The lowest BCUT2D eigenvalue weighted by atomic mass is 10.3. The summed E-state index contributed by atoms with van der Waals surface area (Å²) in [5.41, 5.74) is 0. The Balaban J connectivity index is 1.75. The van der Waals surface area contributed by atoms with Crippen LogP contribution in [0.5, 0.6) is 5.75 Å². The summed E-state index contributed by atoms with van der Waals surface area (Å²) in [6, 6.07) is 7.31. The monoisotopic (exact) mass is 257 g/mol. The Morgan fingerprint density at radius 2 is 1.88 bits per heavy atom. The molecule has 1 aliphatic rings. The fraction of sp³-hybridized carbons (Fsp3) is 0.500. The zero-order chi connectivity index (χ0) is 12.3. The van der Waals surface area contributed by atoms with Crippen LogP contribution in [-0.4, -0.2) is 53.6 Å². The number of hydrogen-bond donors (Lipinski definition) is 2. The molecule has 0 saturated carbocycles. The van der Waals surface area contributed by atoms with Crippen molar-refractivity contribution in [3.63, 3.8) is 0 Å². The van der Waals surface area contributed by atoms with Gasteiger partial charge in [0.2, 0.25) is 0 Å². The summed E-state index contributed by atoms with van der Waals surface area (Å²) in [5.74, 6) is 0.662. The maximum atomic E-state index is 9.37. The number of benzene rings is 1. The van der Waals surface area contributed by atoms with Crippen LogP contribution in [-0.2, 0) is 0 Å². The predicted octanol–water partition coefficient (Wildman–Crippen LogP) is 0.756. The van der Waals surface area contributed by atoms with Crippen LogP contribution in [0.4, 0.5) is 0 Å². The summed E-state index contributed by atoms with van der Waals surface area (Å²) in [7, 11) is 0. The summed E-state index contributed by atoms with van der Waals surface area (Å²) in [6.45, 7) is 2.14. The van der Waals surface area contributed by atoms with E-state index in [-0.39, 0.29) is 0 Å². The minimum atomic E-state index is -0.643. The molecule has 0 aromatic heterocycles. The van der Waals surface area contributed by atoms with E-state index < -0.39 is 12.2 Å². The van der Waals surface area contributed by atoms with Gasteiger partial charge in [0.1, 0.15) is 12.4 Å². The van der Waals surface area contributed by atoms with E-state index in [2.05, 4.69) is 0 Å². The van der Waals surface area contributed by atoms with Crippen molar-refractivity contribution in [3.8, 4) is 5.75 Å². The number of β-amino-alcohol motifs (C(OH)–C–C–N with tert-alkyl or cyclic N) is 2. The molecule has 2 rings (SSSR count). The molecule has 1 heterocycles. The Labute approximate surface area is 105 Å². The second-order valence-corrected chi connectivity index (χ2v) is 4.58. The highest BCUT2D eigenvalue weighted by Crippen LogP contribution is 2.23. The van der Waals surface area contributed by atoms with Crippen molar-refractivity contribution in [1.29, 1.82) is 0 Å². The number of likely N-dealkylation sites (tertiary alicyclic amines) is 1. The number of halogens is 1. The molecule has 0 unspecified atom stereocenters. The smallest absolute Gasteiger partial charge is 0.137 e. The first-order valence-electron chi connectivity index (χ1n) is 5.62. The SMILES string of the molecule is O[C@@H]1CN(CCOc2ccccc2Cl)C[C@@H]1O. The van der Waals surface area contributed by atoms with Gasteiger partial charge in [-0.2, -0.15) is 0 Å². The highest BCUT2D eigenvalue weighted by Gasteiger charge is 2.28. The van der Waals surface area contributed by atoms with Crippen LogP contribution in [0, 0.1) is 0 Å². The first kappa shape index (κ1) is 12.6. The molecule has 5 heteroatoms. The van der Waals surface area contributed by atoms with Crippen molar-refractivity contribution in [2.45, 2.75) is 12.2 Å². The number of rotatable bonds is 4. The zero-order valence-corrected chi connectivity index (χ0v) is 10.2. The van der Waals surface area contributed by atoms with E-state index in [4.69, 9.17) is 16.3 Å². The molecule has 17 heavy (non-hydrogen) atoms. The fourth-order valence-corrected chi connectivity index (χ4v) is 2.07. The minimum Gasteiger partial charge on any atom is -0.491 e. The molecule has 1 fully saturated rings. The van der Waals surface area contributed by atoms with Crippen molar-refractivity contribution in [3.05, 3.63) is 29.3 Å². The van der Waals surface area contributed by atoms with E-state index in [0.717, 1.165) is 0 Å². The van der Waals surface area contributed by atoms with E-state index in [1.54, 1.807) is 6.07 Å². The molecule has 4 nitrogen and oxygen atoms in total. The van der Waals surface area contributed by atoms with E-state index in [1.807, 2.05) is 23.1 Å². The number of ether oxygens (including phenoxy) is 1. The topological polar surface area (TPSA) is 52.9 Å². The highest BCUT2D eigenvalue weighted by molar-refractivity contribution is 6.32. The molecule has 1 aromatic carbocycles. The third-order valence-electron chi connectivity index (χ3n) is 2.84. The average Bonchev–Trinajstić information content (AvgIpc) is 2.61. The number of aliphatic hydroxyl groups excluding tert-OH is 2. The molecule has 0 bridgehead atoms.